The molecule has 0 N–H and O–H groups in total. The van der Waals surface area contributed by atoms with Crippen LogP contribution in [-0.4, -0.2) is 11.3 Å². The van der Waals surface area contributed by atoms with Gasteiger partial charge in [0.2, 0.25) is 0 Å². The number of carbonyl (C=O) groups is 1. The maximum absolute atomic E-state index is 12.6. The Bertz CT molecular complexity index is 497. The van der Waals surface area contributed by atoms with Gasteiger partial charge in [-0.25, -0.2) is 4.39 Å². The number of pyridine rings is 1. The highest BCUT2D eigenvalue weighted by atomic mass is 19.1. The maximum atomic E-state index is 12.6. The first-order chi connectivity index (χ1) is 7.78. The first kappa shape index (κ1) is 10.3. The first-order valence-corrected chi connectivity index (χ1v) is 4.62. The van der Waals surface area contributed by atoms with Crippen molar-refractivity contribution in [3.05, 3.63) is 54.1 Å². The molecule has 16 heavy (non-hydrogen) atoms. The van der Waals surface area contributed by atoms with E-state index in [1.165, 1.54) is 36.5 Å². The van der Waals surface area contributed by atoms with Crippen molar-refractivity contribution >= 4 is 6.29 Å². The van der Waals surface area contributed by atoms with Gasteiger partial charge in [0.25, 0.3) is 0 Å². The molecule has 80 valence electrons. The van der Waals surface area contributed by atoms with E-state index in [0.717, 1.165) is 0 Å². The number of nitrogens with zero attached hydrogens (tertiary/aromatic N) is 1. The van der Waals surface area contributed by atoms with Crippen LogP contribution in [-0.2, 0) is 0 Å². The fourth-order valence-corrected chi connectivity index (χ4v) is 1.19. The Morgan fingerprint density at radius 2 is 1.88 bits per heavy atom. The third-order valence-corrected chi connectivity index (χ3v) is 1.92. The van der Waals surface area contributed by atoms with Crippen molar-refractivity contribution in [2.45, 2.75) is 0 Å². The number of halogens is 1. The SMILES string of the molecule is O=Cc1cc(Oc2ccc(F)cc2)ccn1. The van der Waals surface area contributed by atoms with Gasteiger partial charge in [-0.1, -0.05) is 0 Å². The second kappa shape index (κ2) is 4.53. The van der Waals surface area contributed by atoms with Crippen LogP contribution in [0.5, 0.6) is 11.5 Å². The Morgan fingerprint density at radius 3 is 2.56 bits per heavy atom. The van der Waals surface area contributed by atoms with Crippen LogP contribution in [0.2, 0.25) is 0 Å². The molecule has 0 unspecified atom stereocenters. The summed E-state index contributed by atoms with van der Waals surface area (Å²) in [6.07, 6.45) is 2.11. The van der Waals surface area contributed by atoms with E-state index >= 15 is 0 Å². The zero-order valence-electron chi connectivity index (χ0n) is 8.26. The molecule has 0 saturated carbocycles. The Hall–Kier alpha value is -2.23. The van der Waals surface area contributed by atoms with Crippen LogP contribution in [0.15, 0.2) is 42.6 Å². The zero-order chi connectivity index (χ0) is 11.4. The number of rotatable bonds is 3. The van der Waals surface area contributed by atoms with Crippen LogP contribution in [0.4, 0.5) is 4.39 Å². The van der Waals surface area contributed by atoms with Gasteiger partial charge in [0, 0.05) is 12.3 Å². The van der Waals surface area contributed by atoms with Gasteiger partial charge >= 0.3 is 0 Å². The van der Waals surface area contributed by atoms with Crippen molar-refractivity contribution in [2.75, 3.05) is 0 Å². The quantitative estimate of drug-likeness (QED) is 0.742. The summed E-state index contributed by atoms with van der Waals surface area (Å²) in [4.78, 5) is 14.3. The predicted octanol–water partition coefficient (Wildman–Crippen LogP) is 2.83. The Morgan fingerprint density at radius 1 is 1.12 bits per heavy atom. The molecule has 1 aromatic carbocycles. The predicted molar refractivity (Wildman–Crippen MR) is 56.1 cm³/mol. The van der Waals surface area contributed by atoms with Crippen LogP contribution in [0.1, 0.15) is 10.5 Å². The molecular formula is C12H8FNO2. The summed E-state index contributed by atoms with van der Waals surface area (Å²) in [5, 5.41) is 0. The number of ether oxygens (including phenoxy) is 1. The lowest BCUT2D eigenvalue weighted by atomic mass is 10.3. The molecule has 4 heteroatoms. The minimum Gasteiger partial charge on any atom is -0.457 e. The molecule has 0 aliphatic carbocycles. The highest BCUT2D eigenvalue weighted by molar-refractivity contribution is 5.72. The second-order valence-corrected chi connectivity index (χ2v) is 3.09. The van der Waals surface area contributed by atoms with Gasteiger partial charge in [-0.2, -0.15) is 0 Å². The normalized spacial score (nSPS) is 9.81. The van der Waals surface area contributed by atoms with Crippen LogP contribution in [0.25, 0.3) is 0 Å². The van der Waals surface area contributed by atoms with Crippen molar-refractivity contribution in [3.63, 3.8) is 0 Å². The van der Waals surface area contributed by atoms with Gasteiger partial charge in [-0.3, -0.25) is 9.78 Å². The van der Waals surface area contributed by atoms with E-state index in [1.807, 2.05) is 0 Å². The summed E-state index contributed by atoms with van der Waals surface area (Å²) < 4.78 is 18.0. The molecule has 0 saturated heterocycles. The molecule has 2 rings (SSSR count). The van der Waals surface area contributed by atoms with E-state index in [-0.39, 0.29) is 5.82 Å². The highest BCUT2D eigenvalue weighted by Gasteiger charge is 1.99. The third kappa shape index (κ3) is 2.42. The number of benzene rings is 1. The lowest BCUT2D eigenvalue weighted by molar-refractivity contribution is 0.111. The summed E-state index contributed by atoms with van der Waals surface area (Å²) in [5.74, 6) is 0.670. The van der Waals surface area contributed by atoms with Crippen molar-refractivity contribution in [1.29, 1.82) is 0 Å². The Labute approximate surface area is 91.5 Å². The molecule has 0 spiro atoms. The lowest BCUT2D eigenvalue weighted by Gasteiger charge is -2.05. The van der Waals surface area contributed by atoms with Crippen LogP contribution < -0.4 is 4.74 Å². The molecule has 0 atom stereocenters. The van der Waals surface area contributed by atoms with Crippen LogP contribution >= 0.6 is 0 Å². The number of hydrogen-bond donors (Lipinski definition) is 0. The van der Waals surface area contributed by atoms with Crippen molar-refractivity contribution in [1.82, 2.24) is 4.98 Å². The Kier molecular flexibility index (Phi) is 2.91. The standard InChI is InChI=1S/C12H8FNO2/c13-9-1-3-11(4-2-9)16-12-5-6-14-10(7-12)8-15/h1-8H. The van der Waals surface area contributed by atoms with E-state index in [9.17, 15) is 9.18 Å². The summed E-state index contributed by atoms with van der Waals surface area (Å²) in [6, 6.07) is 8.76. The number of hydrogen-bond acceptors (Lipinski definition) is 3. The van der Waals surface area contributed by atoms with Crippen molar-refractivity contribution in [3.8, 4) is 11.5 Å². The van der Waals surface area contributed by atoms with Crippen LogP contribution in [0.3, 0.4) is 0 Å². The molecule has 1 heterocycles. The summed E-state index contributed by atoms with van der Waals surface area (Å²) >= 11 is 0. The third-order valence-electron chi connectivity index (χ3n) is 1.92. The van der Waals surface area contributed by atoms with Gasteiger partial charge in [-0.15, -0.1) is 0 Å². The molecular weight excluding hydrogens is 209 g/mol. The van der Waals surface area contributed by atoms with Gasteiger partial charge in [0.1, 0.15) is 23.0 Å². The van der Waals surface area contributed by atoms with Gasteiger partial charge < -0.3 is 4.74 Å². The molecule has 0 radical (unpaired) electrons. The molecule has 3 nitrogen and oxygen atoms in total. The summed E-state index contributed by atoms with van der Waals surface area (Å²) in [5.41, 5.74) is 0.291. The molecule has 0 aliphatic rings. The van der Waals surface area contributed by atoms with E-state index in [0.29, 0.717) is 23.5 Å². The molecule has 1 aromatic heterocycles. The average molecular weight is 217 g/mol. The zero-order valence-corrected chi connectivity index (χ0v) is 8.26. The highest BCUT2D eigenvalue weighted by Crippen LogP contribution is 2.21. The summed E-state index contributed by atoms with van der Waals surface area (Å²) in [7, 11) is 0. The van der Waals surface area contributed by atoms with Gasteiger partial charge in [-0.05, 0) is 30.3 Å². The molecule has 2 aromatic rings. The minimum absolute atomic E-state index is 0.291. The number of aromatic nitrogens is 1. The van der Waals surface area contributed by atoms with E-state index in [2.05, 4.69) is 4.98 Å². The first-order valence-electron chi connectivity index (χ1n) is 4.62. The smallest absolute Gasteiger partial charge is 0.168 e. The Balaban J connectivity index is 2.20. The molecule has 0 aliphatic heterocycles. The topological polar surface area (TPSA) is 39.2 Å². The van der Waals surface area contributed by atoms with E-state index < -0.39 is 0 Å². The molecule has 0 fully saturated rings. The maximum Gasteiger partial charge on any atom is 0.168 e. The monoisotopic (exact) mass is 217 g/mol. The number of carbonyl (C=O) groups excluding carboxylic acids is 1. The van der Waals surface area contributed by atoms with Crippen molar-refractivity contribution < 1.29 is 13.9 Å². The van der Waals surface area contributed by atoms with Gasteiger partial charge in [0.15, 0.2) is 6.29 Å². The average Bonchev–Trinajstić information content (AvgIpc) is 2.32. The van der Waals surface area contributed by atoms with E-state index in [4.69, 9.17) is 4.74 Å². The van der Waals surface area contributed by atoms with Crippen LogP contribution in [0, 0.1) is 5.82 Å². The second-order valence-electron chi connectivity index (χ2n) is 3.09. The van der Waals surface area contributed by atoms with Gasteiger partial charge in [0.05, 0.1) is 0 Å². The lowest BCUT2D eigenvalue weighted by Crippen LogP contribution is -1.89. The number of aldehydes is 1. The minimum atomic E-state index is -0.323. The molecule has 0 bridgehead atoms. The van der Waals surface area contributed by atoms with E-state index in [1.54, 1.807) is 6.07 Å². The summed E-state index contributed by atoms with van der Waals surface area (Å²) in [6.45, 7) is 0. The molecule has 0 amide bonds. The van der Waals surface area contributed by atoms with Crippen molar-refractivity contribution in [2.24, 2.45) is 0 Å². The fraction of sp³-hybridized carbons (Fsp3) is 0. The largest absolute Gasteiger partial charge is 0.457 e. The fourth-order valence-electron chi connectivity index (χ4n) is 1.19.